The first-order chi connectivity index (χ1) is 13.0. The van der Waals surface area contributed by atoms with Crippen molar-refractivity contribution >= 4 is 62.6 Å². The lowest BCUT2D eigenvalue weighted by atomic mass is 10.2. The summed E-state index contributed by atoms with van der Waals surface area (Å²) in [6.07, 6.45) is 3.68. The van der Waals surface area contributed by atoms with Crippen molar-refractivity contribution in [1.82, 2.24) is 9.88 Å². The smallest absolute Gasteiger partial charge is 0.109 e. The summed E-state index contributed by atoms with van der Waals surface area (Å²) >= 11 is 19.1. The van der Waals surface area contributed by atoms with Gasteiger partial charge in [0.1, 0.15) is 9.82 Å². The molecule has 2 aromatic heterocycles. The maximum atomic E-state index is 9.09. The molecule has 0 atom stereocenters. The van der Waals surface area contributed by atoms with Gasteiger partial charge in [0, 0.05) is 46.7 Å². The molecule has 0 bridgehead atoms. The fourth-order valence-corrected chi connectivity index (χ4v) is 4.91. The van der Waals surface area contributed by atoms with Crippen LogP contribution in [0, 0.1) is 4.51 Å². The van der Waals surface area contributed by atoms with Gasteiger partial charge in [0.15, 0.2) is 0 Å². The minimum absolute atomic E-state index is 0.201. The molecular weight excluding hydrogens is 416 g/mol. The normalized spacial score (nSPS) is 11.1. The average molecular weight is 437 g/mol. The van der Waals surface area contributed by atoms with Gasteiger partial charge in [-0.3, -0.25) is 0 Å². The lowest BCUT2D eigenvalue weighted by Crippen LogP contribution is -2.22. The second-order valence-corrected chi connectivity index (χ2v) is 8.59. The van der Waals surface area contributed by atoms with E-state index in [1.807, 2.05) is 30.5 Å². The molecule has 3 aromatic rings. The van der Waals surface area contributed by atoms with E-state index < -0.39 is 0 Å². The number of hydrogen-bond donors (Lipinski definition) is 2. The zero-order chi connectivity index (χ0) is 19.4. The van der Waals surface area contributed by atoms with Gasteiger partial charge >= 0.3 is 0 Å². The van der Waals surface area contributed by atoms with Crippen LogP contribution in [0.2, 0.25) is 5.02 Å². The monoisotopic (exact) mass is 436 g/mol. The van der Waals surface area contributed by atoms with Crippen LogP contribution in [-0.2, 0) is 19.5 Å². The molecule has 0 amide bonds. The van der Waals surface area contributed by atoms with E-state index in [2.05, 4.69) is 22.9 Å². The second-order valence-electron chi connectivity index (χ2n) is 6.23. The number of rotatable bonds is 7. The van der Waals surface area contributed by atoms with E-state index in [0.29, 0.717) is 11.5 Å². The van der Waals surface area contributed by atoms with E-state index >= 15 is 0 Å². The molecule has 27 heavy (non-hydrogen) atoms. The van der Waals surface area contributed by atoms with Crippen LogP contribution in [0.3, 0.4) is 0 Å². The second kappa shape index (κ2) is 9.26. The number of aryl methyl sites for hydroxylation is 2. The van der Waals surface area contributed by atoms with Crippen LogP contribution < -0.4 is 5.32 Å². The van der Waals surface area contributed by atoms with Crippen molar-refractivity contribution in [3.8, 4) is 0 Å². The van der Waals surface area contributed by atoms with Crippen LogP contribution in [0.1, 0.15) is 29.3 Å². The molecule has 3 rings (SSSR count). The summed E-state index contributed by atoms with van der Waals surface area (Å²) in [5, 5.41) is 14.2. The van der Waals surface area contributed by atoms with Gasteiger partial charge < -0.3 is 15.0 Å². The summed E-state index contributed by atoms with van der Waals surface area (Å²) in [5.74, 6) is 0. The number of thiophene rings is 1. The van der Waals surface area contributed by atoms with E-state index in [4.69, 9.17) is 41.1 Å². The van der Waals surface area contributed by atoms with E-state index in [1.54, 1.807) is 11.3 Å². The minimum atomic E-state index is 0.201. The molecule has 0 saturated carbocycles. The Morgan fingerprint density at radius 2 is 2.04 bits per heavy atom. The summed E-state index contributed by atoms with van der Waals surface area (Å²) in [7, 11) is 0. The summed E-state index contributed by atoms with van der Waals surface area (Å²) in [5.41, 5.74) is 1.99. The van der Waals surface area contributed by atoms with Crippen molar-refractivity contribution in [3.05, 3.63) is 62.1 Å². The maximum absolute atomic E-state index is 9.09. The van der Waals surface area contributed by atoms with Gasteiger partial charge in [-0.25, -0.2) is 0 Å². The number of aromatic nitrogens is 1. The Labute approximate surface area is 178 Å². The highest BCUT2D eigenvalue weighted by atomic mass is 35.5. The number of benzene rings is 1. The van der Waals surface area contributed by atoms with E-state index in [1.165, 1.54) is 9.71 Å². The first-order valence-corrected chi connectivity index (χ1v) is 10.8. The lowest BCUT2D eigenvalue weighted by molar-refractivity contribution is 0.289. The Hall–Kier alpha value is -1.31. The van der Waals surface area contributed by atoms with Gasteiger partial charge in [0.05, 0.1) is 4.51 Å². The largest absolute Gasteiger partial charge is 0.396 e. The van der Waals surface area contributed by atoms with E-state index in [9.17, 15) is 0 Å². The standard InChI is InChI=1S/C20H21ClN2OS3/c1-2-23-12-17(19(26)22-11-13-5-7-14(21)8-6-13)18(25)16-10-15(4-3-9-24)27-20(16)23/h5-8,10,12,24H,2-4,9,11H2,1H3,(H,22,26). The predicted molar refractivity (Wildman–Crippen MR) is 122 cm³/mol. The molecule has 2 N–H and O–H groups in total. The number of aliphatic hydroxyl groups is 1. The van der Waals surface area contributed by atoms with Gasteiger partial charge in [-0.2, -0.15) is 0 Å². The van der Waals surface area contributed by atoms with Crippen molar-refractivity contribution < 1.29 is 5.11 Å². The zero-order valence-corrected chi connectivity index (χ0v) is 18.2. The SMILES string of the molecule is CCn1cc(C(=S)NCc2ccc(Cl)cc2)c(=S)c2cc(CCCO)sc21. The fourth-order valence-electron chi connectivity index (χ4n) is 2.88. The quantitative estimate of drug-likeness (QED) is 0.480. The van der Waals surface area contributed by atoms with Crippen molar-refractivity contribution in [2.75, 3.05) is 6.61 Å². The molecule has 0 radical (unpaired) electrons. The number of hydrogen-bond acceptors (Lipinski definition) is 4. The molecule has 2 heterocycles. The third kappa shape index (κ3) is 4.76. The van der Waals surface area contributed by atoms with Crippen LogP contribution in [0.4, 0.5) is 0 Å². The fraction of sp³-hybridized carbons (Fsp3) is 0.300. The molecule has 0 aliphatic rings. The van der Waals surface area contributed by atoms with Gasteiger partial charge in [-0.05, 0) is 43.5 Å². The van der Waals surface area contributed by atoms with Gasteiger partial charge in [-0.15, -0.1) is 11.3 Å². The first kappa shape index (κ1) is 20.4. The lowest BCUT2D eigenvalue weighted by Gasteiger charge is -2.12. The van der Waals surface area contributed by atoms with Crippen LogP contribution in [0.25, 0.3) is 10.2 Å². The molecule has 3 nitrogen and oxygen atoms in total. The maximum Gasteiger partial charge on any atom is 0.109 e. The van der Waals surface area contributed by atoms with Gasteiger partial charge in [0.2, 0.25) is 0 Å². The topological polar surface area (TPSA) is 37.2 Å². The first-order valence-electron chi connectivity index (χ1n) is 8.82. The molecule has 0 saturated heterocycles. The van der Waals surface area contributed by atoms with E-state index in [0.717, 1.165) is 45.4 Å². The van der Waals surface area contributed by atoms with Crippen LogP contribution in [0.5, 0.6) is 0 Å². The van der Waals surface area contributed by atoms with Crippen molar-refractivity contribution in [2.24, 2.45) is 0 Å². The average Bonchev–Trinajstić information content (AvgIpc) is 3.11. The van der Waals surface area contributed by atoms with Gasteiger partial charge in [0.25, 0.3) is 0 Å². The molecule has 0 aliphatic carbocycles. The third-order valence-electron chi connectivity index (χ3n) is 4.33. The molecule has 7 heteroatoms. The number of nitrogens with one attached hydrogen (secondary N) is 1. The summed E-state index contributed by atoms with van der Waals surface area (Å²) in [6, 6.07) is 9.85. The van der Waals surface area contributed by atoms with Crippen molar-refractivity contribution in [2.45, 2.75) is 32.9 Å². The molecule has 0 aliphatic heterocycles. The summed E-state index contributed by atoms with van der Waals surface area (Å²) in [4.78, 5) is 3.06. The third-order valence-corrected chi connectivity index (χ3v) is 6.62. The summed E-state index contributed by atoms with van der Waals surface area (Å²) in [6.45, 7) is 3.79. The highest BCUT2D eigenvalue weighted by Crippen LogP contribution is 2.29. The predicted octanol–water partition coefficient (Wildman–Crippen LogP) is 5.50. The molecule has 0 unspecified atom stereocenters. The Balaban J connectivity index is 1.88. The minimum Gasteiger partial charge on any atom is -0.396 e. The molecule has 1 aromatic carbocycles. The number of aliphatic hydroxyl groups excluding tert-OH is 1. The highest BCUT2D eigenvalue weighted by molar-refractivity contribution is 7.80. The highest BCUT2D eigenvalue weighted by Gasteiger charge is 2.13. The number of thiocarbonyl (C=S) groups is 1. The van der Waals surface area contributed by atoms with Crippen LogP contribution in [0.15, 0.2) is 36.5 Å². The number of halogens is 1. The Bertz CT molecular complexity index is 1010. The molecule has 0 spiro atoms. The number of pyridine rings is 1. The Morgan fingerprint density at radius 3 is 2.70 bits per heavy atom. The van der Waals surface area contributed by atoms with E-state index in [-0.39, 0.29) is 6.61 Å². The molecular formula is C20H21ClN2OS3. The van der Waals surface area contributed by atoms with Crippen LogP contribution >= 0.6 is 47.4 Å². The Morgan fingerprint density at radius 1 is 1.30 bits per heavy atom. The zero-order valence-electron chi connectivity index (χ0n) is 15.0. The number of fused-ring (bicyclic) bond motifs is 1. The van der Waals surface area contributed by atoms with Crippen molar-refractivity contribution in [1.29, 1.82) is 0 Å². The van der Waals surface area contributed by atoms with Crippen LogP contribution in [-0.4, -0.2) is 21.3 Å². The van der Waals surface area contributed by atoms with Crippen molar-refractivity contribution in [3.63, 3.8) is 0 Å². The van der Waals surface area contributed by atoms with Gasteiger partial charge in [-0.1, -0.05) is 48.2 Å². The number of nitrogens with zero attached hydrogens (tertiary/aromatic N) is 1. The Kier molecular flexibility index (Phi) is 7.00. The molecule has 0 fully saturated rings. The summed E-state index contributed by atoms with van der Waals surface area (Å²) < 4.78 is 2.99. The molecule has 142 valence electrons.